The van der Waals surface area contributed by atoms with E-state index in [1.54, 1.807) is 23.5 Å². The number of hydrogen-bond acceptors (Lipinski definition) is 9. The predicted molar refractivity (Wildman–Crippen MR) is 148 cm³/mol. The average Bonchev–Trinajstić information content (AvgIpc) is 3.63. The maximum Gasteiger partial charge on any atom is 0.262 e. The molecule has 0 spiro atoms. The van der Waals surface area contributed by atoms with E-state index in [0.29, 0.717) is 17.7 Å². The molecule has 0 aliphatic carbocycles. The average molecular weight is 589 g/mol. The smallest absolute Gasteiger partial charge is 0.262 e. The Bertz CT molecular complexity index is 1520. The summed E-state index contributed by atoms with van der Waals surface area (Å²) >= 11 is 4.38. The number of carbonyl (C=O) groups is 3. The molecule has 13 heteroatoms. The molecule has 1 aliphatic heterocycles. The minimum atomic E-state index is -3.94. The van der Waals surface area contributed by atoms with Gasteiger partial charge in [0.1, 0.15) is 6.04 Å². The zero-order chi connectivity index (χ0) is 26.7. The second-order valence-corrected chi connectivity index (χ2v) is 13.7. The molecule has 4 aromatic heterocycles. The van der Waals surface area contributed by atoms with Crippen molar-refractivity contribution in [1.82, 2.24) is 19.9 Å². The molecule has 0 bridgehead atoms. The Labute approximate surface area is 231 Å². The zero-order valence-electron chi connectivity index (χ0n) is 20.0. The SMILES string of the molecule is O=C(N[C@@H](Cc1cccs1)C(=O)N[C@H]1CCCN(S(=O)(=O)c2ccccn2)CC1=O)c1cc2sccc2s1. The van der Waals surface area contributed by atoms with Crippen molar-refractivity contribution in [3.63, 3.8) is 0 Å². The normalized spacial score (nSPS) is 17.7. The maximum absolute atomic E-state index is 13.4. The highest BCUT2D eigenvalue weighted by atomic mass is 32.2. The summed E-state index contributed by atoms with van der Waals surface area (Å²) in [6.07, 6.45) is 2.34. The Morgan fingerprint density at radius 3 is 2.71 bits per heavy atom. The molecule has 0 saturated carbocycles. The van der Waals surface area contributed by atoms with Crippen molar-refractivity contribution in [3.05, 3.63) is 69.2 Å². The molecule has 2 N–H and O–H groups in total. The molecule has 2 amide bonds. The second-order valence-electron chi connectivity index (χ2n) is 8.75. The third kappa shape index (κ3) is 5.86. The number of nitrogens with one attached hydrogen (secondary N) is 2. The first-order chi connectivity index (χ1) is 18.3. The summed E-state index contributed by atoms with van der Waals surface area (Å²) in [6.45, 7) is -0.223. The van der Waals surface area contributed by atoms with Gasteiger partial charge in [0.2, 0.25) is 5.91 Å². The standard InChI is InChI=1S/C25H24N4O5S4/c30-19-15-29(38(33,34)23-7-1-2-9-26-23)10-3-6-17(19)27-24(31)18(13-16-5-4-11-35-16)28-25(32)22-14-21-20(37-22)8-12-36-21/h1-2,4-5,7-9,11-12,14,17-18H,3,6,10,13,15H2,(H,27,31)(H,28,32)/t17-,18-/m0/s1. The molecule has 0 unspecified atom stereocenters. The lowest BCUT2D eigenvalue weighted by molar-refractivity contribution is -0.128. The lowest BCUT2D eigenvalue weighted by Crippen LogP contribution is -2.53. The Hall–Kier alpha value is -2.97. The van der Waals surface area contributed by atoms with Gasteiger partial charge >= 0.3 is 0 Å². The van der Waals surface area contributed by atoms with Crippen LogP contribution in [0.15, 0.2) is 64.4 Å². The van der Waals surface area contributed by atoms with E-state index < -0.39 is 33.8 Å². The van der Waals surface area contributed by atoms with Gasteiger partial charge in [-0.2, -0.15) is 4.31 Å². The Morgan fingerprint density at radius 2 is 1.97 bits per heavy atom. The maximum atomic E-state index is 13.4. The number of amides is 2. The van der Waals surface area contributed by atoms with Crippen LogP contribution in [0.5, 0.6) is 0 Å². The molecule has 1 saturated heterocycles. The fourth-order valence-electron chi connectivity index (χ4n) is 4.20. The molecule has 0 radical (unpaired) electrons. The van der Waals surface area contributed by atoms with Crippen LogP contribution < -0.4 is 10.6 Å². The third-order valence-corrected chi connectivity index (χ3v) is 10.9. The highest BCUT2D eigenvalue weighted by Crippen LogP contribution is 2.30. The minimum Gasteiger partial charge on any atom is -0.344 e. The van der Waals surface area contributed by atoms with Crippen LogP contribution in [-0.4, -0.2) is 60.5 Å². The predicted octanol–water partition coefficient (Wildman–Crippen LogP) is 3.30. The summed E-state index contributed by atoms with van der Waals surface area (Å²) in [5.41, 5.74) is 0. The Morgan fingerprint density at radius 1 is 1.11 bits per heavy atom. The third-order valence-electron chi connectivity index (χ3n) is 6.15. The summed E-state index contributed by atoms with van der Waals surface area (Å²) in [5.74, 6) is -1.24. The number of rotatable bonds is 8. The number of hydrogen-bond donors (Lipinski definition) is 2. The molecule has 4 aromatic rings. The lowest BCUT2D eigenvalue weighted by atomic mass is 10.1. The molecule has 5 heterocycles. The van der Waals surface area contributed by atoms with Gasteiger partial charge in [0, 0.05) is 33.4 Å². The number of ketones is 1. The van der Waals surface area contributed by atoms with E-state index in [-0.39, 0.29) is 30.4 Å². The number of aromatic nitrogens is 1. The van der Waals surface area contributed by atoms with Crippen LogP contribution in [0, 0.1) is 0 Å². The molecular weight excluding hydrogens is 565 g/mol. The van der Waals surface area contributed by atoms with Crippen molar-refractivity contribution in [3.8, 4) is 0 Å². The minimum absolute atomic E-state index is 0.123. The molecule has 198 valence electrons. The monoisotopic (exact) mass is 588 g/mol. The summed E-state index contributed by atoms with van der Waals surface area (Å²) in [4.78, 5) is 44.8. The van der Waals surface area contributed by atoms with Crippen LogP contribution in [-0.2, 0) is 26.0 Å². The van der Waals surface area contributed by atoms with Gasteiger partial charge < -0.3 is 10.6 Å². The van der Waals surface area contributed by atoms with Gasteiger partial charge in [-0.05, 0) is 53.9 Å². The highest BCUT2D eigenvalue weighted by molar-refractivity contribution is 7.89. The number of sulfonamides is 1. The van der Waals surface area contributed by atoms with E-state index >= 15 is 0 Å². The van der Waals surface area contributed by atoms with Crippen molar-refractivity contribution in [1.29, 1.82) is 0 Å². The van der Waals surface area contributed by atoms with E-state index in [1.807, 2.05) is 35.0 Å². The summed E-state index contributed by atoms with van der Waals surface area (Å²) in [6, 6.07) is 10.3. The first-order valence-electron chi connectivity index (χ1n) is 11.9. The van der Waals surface area contributed by atoms with E-state index in [0.717, 1.165) is 18.6 Å². The van der Waals surface area contributed by atoms with Gasteiger partial charge in [-0.3, -0.25) is 14.4 Å². The second kappa shape index (κ2) is 11.4. The van der Waals surface area contributed by atoms with Crippen molar-refractivity contribution >= 4 is 71.0 Å². The lowest BCUT2D eigenvalue weighted by Gasteiger charge is -2.22. The number of Topliss-reactive ketones (excluding diaryl/α,β-unsaturated/α-hetero) is 1. The number of carbonyl (C=O) groups excluding carboxylic acids is 3. The van der Waals surface area contributed by atoms with Crippen molar-refractivity contribution in [2.24, 2.45) is 0 Å². The number of fused-ring (bicyclic) bond motifs is 1. The van der Waals surface area contributed by atoms with Crippen LogP contribution >= 0.6 is 34.0 Å². The quantitative estimate of drug-likeness (QED) is 0.325. The van der Waals surface area contributed by atoms with E-state index in [4.69, 9.17) is 0 Å². The van der Waals surface area contributed by atoms with E-state index in [9.17, 15) is 22.8 Å². The Kier molecular flexibility index (Phi) is 8.00. The number of pyridine rings is 1. The van der Waals surface area contributed by atoms with Crippen LogP contribution in [0.1, 0.15) is 27.4 Å². The van der Waals surface area contributed by atoms with Crippen LogP contribution in [0.2, 0.25) is 0 Å². The number of nitrogens with zero attached hydrogens (tertiary/aromatic N) is 2. The van der Waals surface area contributed by atoms with Gasteiger partial charge in [-0.25, -0.2) is 13.4 Å². The van der Waals surface area contributed by atoms with Crippen LogP contribution in [0.25, 0.3) is 9.40 Å². The Balaban J connectivity index is 1.29. The summed E-state index contributed by atoms with van der Waals surface area (Å²) < 4.78 is 29.1. The van der Waals surface area contributed by atoms with E-state index in [2.05, 4.69) is 15.6 Å². The zero-order valence-corrected chi connectivity index (χ0v) is 23.3. The van der Waals surface area contributed by atoms with Crippen molar-refractivity contribution < 1.29 is 22.8 Å². The van der Waals surface area contributed by atoms with Gasteiger partial charge in [-0.1, -0.05) is 12.1 Å². The topological polar surface area (TPSA) is 126 Å². The molecule has 0 aromatic carbocycles. The van der Waals surface area contributed by atoms with Crippen LogP contribution in [0.3, 0.4) is 0 Å². The molecular formula is C25H24N4O5S4. The van der Waals surface area contributed by atoms with Gasteiger partial charge in [0.15, 0.2) is 10.8 Å². The number of thiophene rings is 3. The van der Waals surface area contributed by atoms with Crippen molar-refractivity contribution in [2.45, 2.75) is 36.4 Å². The van der Waals surface area contributed by atoms with Gasteiger partial charge in [-0.15, -0.1) is 34.0 Å². The highest BCUT2D eigenvalue weighted by Gasteiger charge is 2.35. The fraction of sp³-hybridized carbons (Fsp3) is 0.280. The summed E-state index contributed by atoms with van der Waals surface area (Å²) in [5, 5.41) is 9.35. The molecule has 1 fully saturated rings. The molecule has 38 heavy (non-hydrogen) atoms. The fourth-order valence-corrected chi connectivity index (χ4v) is 8.34. The molecule has 5 rings (SSSR count). The molecule has 2 atom stereocenters. The van der Waals surface area contributed by atoms with Gasteiger partial charge in [0.25, 0.3) is 15.9 Å². The molecule has 9 nitrogen and oxygen atoms in total. The molecule has 1 aliphatic rings. The van der Waals surface area contributed by atoms with E-state index in [1.165, 1.54) is 34.9 Å². The largest absolute Gasteiger partial charge is 0.344 e. The first-order valence-corrected chi connectivity index (χ1v) is 15.9. The first kappa shape index (κ1) is 26.6. The summed E-state index contributed by atoms with van der Waals surface area (Å²) in [7, 11) is -3.94. The van der Waals surface area contributed by atoms with Gasteiger partial charge in [0.05, 0.1) is 17.5 Å². The van der Waals surface area contributed by atoms with Crippen molar-refractivity contribution in [2.75, 3.05) is 13.1 Å². The van der Waals surface area contributed by atoms with Crippen LogP contribution in [0.4, 0.5) is 0 Å².